The maximum absolute atomic E-state index is 11.5. The summed E-state index contributed by atoms with van der Waals surface area (Å²) >= 11 is 0. The molecule has 0 aromatic rings. The molecule has 4 rings (SSSR count). The highest BCUT2D eigenvalue weighted by Crippen LogP contribution is 2.73. The normalized spacial score (nSPS) is 55.8. The van der Waals surface area contributed by atoms with Crippen LogP contribution in [0.15, 0.2) is 0 Å². The van der Waals surface area contributed by atoms with E-state index in [1.807, 2.05) is 0 Å². The predicted molar refractivity (Wildman–Crippen MR) is 61.7 cm³/mol. The van der Waals surface area contributed by atoms with E-state index in [0.29, 0.717) is 18.3 Å². The van der Waals surface area contributed by atoms with E-state index in [0.717, 1.165) is 24.2 Å². The van der Waals surface area contributed by atoms with Crippen LogP contribution in [0.4, 0.5) is 0 Å². The molecule has 8 atom stereocenters. The molecule has 0 bridgehead atoms. The lowest BCUT2D eigenvalue weighted by molar-refractivity contribution is -0.162. The molecule has 4 fully saturated rings. The van der Waals surface area contributed by atoms with Crippen LogP contribution in [0, 0.1) is 47.3 Å². The molecule has 4 saturated carbocycles. The van der Waals surface area contributed by atoms with E-state index in [1.54, 1.807) is 0 Å². The lowest BCUT2D eigenvalue weighted by atomic mass is 9.61. The molecule has 18 heavy (non-hydrogen) atoms. The first-order valence-corrected chi connectivity index (χ1v) is 7.05. The molecule has 4 heteroatoms. The zero-order valence-corrected chi connectivity index (χ0v) is 10.2. The van der Waals surface area contributed by atoms with Crippen molar-refractivity contribution in [2.75, 3.05) is 0 Å². The van der Waals surface area contributed by atoms with Gasteiger partial charge in [-0.25, -0.2) is 0 Å². The van der Waals surface area contributed by atoms with E-state index in [-0.39, 0.29) is 5.92 Å². The standard InChI is InChI=1S/C14H18O4/c15-13(16)6-2-1-5-7-3-8(7)9-4-10(9)11(5)12(6)14(17)18/h5-12H,1-4H2,(H,15,16)(H,17,18). The summed E-state index contributed by atoms with van der Waals surface area (Å²) in [5.41, 5.74) is 0. The van der Waals surface area contributed by atoms with Gasteiger partial charge in [0.05, 0.1) is 11.8 Å². The average molecular weight is 250 g/mol. The Kier molecular flexibility index (Phi) is 1.97. The number of fused-ring (bicyclic) bond motifs is 6. The second kappa shape index (κ2) is 3.28. The summed E-state index contributed by atoms with van der Waals surface area (Å²) in [4.78, 5) is 22.8. The Morgan fingerprint density at radius 1 is 0.778 bits per heavy atom. The van der Waals surface area contributed by atoms with Crippen molar-refractivity contribution in [3.05, 3.63) is 0 Å². The van der Waals surface area contributed by atoms with Crippen molar-refractivity contribution in [3.8, 4) is 0 Å². The van der Waals surface area contributed by atoms with E-state index in [9.17, 15) is 19.8 Å². The topological polar surface area (TPSA) is 74.6 Å². The van der Waals surface area contributed by atoms with Crippen LogP contribution in [0.2, 0.25) is 0 Å². The number of aliphatic carboxylic acids is 2. The van der Waals surface area contributed by atoms with Crippen LogP contribution in [0.5, 0.6) is 0 Å². The van der Waals surface area contributed by atoms with E-state index < -0.39 is 23.8 Å². The Morgan fingerprint density at radius 2 is 1.39 bits per heavy atom. The molecule has 0 spiro atoms. The fourth-order valence-corrected chi connectivity index (χ4v) is 5.37. The van der Waals surface area contributed by atoms with Gasteiger partial charge in [0, 0.05) is 0 Å². The average Bonchev–Trinajstić information content (AvgIpc) is 3.17. The first kappa shape index (κ1) is 10.8. The molecule has 0 heterocycles. The molecule has 4 aliphatic rings. The third-order valence-corrected chi connectivity index (χ3v) is 6.13. The van der Waals surface area contributed by atoms with Gasteiger partial charge in [0.25, 0.3) is 0 Å². The highest BCUT2D eigenvalue weighted by Gasteiger charge is 2.68. The van der Waals surface area contributed by atoms with Crippen molar-refractivity contribution in [1.82, 2.24) is 0 Å². The largest absolute Gasteiger partial charge is 0.481 e. The Bertz CT molecular complexity index is 432. The van der Waals surface area contributed by atoms with E-state index in [1.165, 1.54) is 12.8 Å². The summed E-state index contributed by atoms with van der Waals surface area (Å²) in [6.07, 6.45) is 3.95. The van der Waals surface area contributed by atoms with Gasteiger partial charge in [-0.15, -0.1) is 0 Å². The van der Waals surface area contributed by atoms with Crippen LogP contribution in [0.3, 0.4) is 0 Å². The smallest absolute Gasteiger partial charge is 0.307 e. The van der Waals surface area contributed by atoms with Crippen molar-refractivity contribution >= 4 is 11.9 Å². The summed E-state index contributed by atoms with van der Waals surface area (Å²) in [7, 11) is 0. The van der Waals surface area contributed by atoms with Gasteiger partial charge in [0.1, 0.15) is 0 Å². The number of carbonyl (C=O) groups is 2. The number of carboxylic acid groups (broad SMARTS) is 2. The van der Waals surface area contributed by atoms with Gasteiger partial charge in [-0.2, -0.15) is 0 Å². The molecule has 8 unspecified atom stereocenters. The molecule has 98 valence electrons. The summed E-state index contributed by atoms with van der Waals surface area (Å²) in [5, 5.41) is 18.7. The van der Waals surface area contributed by atoms with Crippen LogP contribution in [-0.2, 0) is 9.59 Å². The lowest BCUT2D eigenvalue weighted by Crippen LogP contribution is -2.45. The van der Waals surface area contributed by atoms with Crippen molar-refractivity contribution in [1.29, 1.82) is 0 Å². The highest BCUT2D eigenvalue weighted by atomic mass is 16.4. The summed E-state index contributed by atoms with van der Waals surface area (Å²) in [5.74, 6) is 0.479. The van der Waals surface area contributed by atoms with Gasteiger partial charge in [0.15, 0.2) is 0 Å². The quantitative estimate of drug-likeness (QED) is 0.782. The molecule has 0 saturated heterocycles. The van der Waals surface area contributed by atoms with E-state index in [4.69, 9.17) is 0 Å². The Morgan fingerprint density at radius 3 is 2.06 bits per heavy atom. The number of hydrogen-bond donors (Lipinski definition) is 2. The number of rotatable bonds is 2. The first-order chi connectivity index (χ1) is 8.59. The summed E-state index contributed by atoms with van der Waals surface area (Å²) in [6, 6.07) is 0. The van der Waals surface area contributed by atoms with Gasteiger partial charge in [-0.1, -0.05) is 0 Å². The molecule has 0 aliphatic heterocycles. The SMILES string of the molecule is O=C(O)C1CCC2C3CC3C3CC3C2C1C(=O)O. The van der Waals surface area contributed by atoms with Crippen molar-refractivity contribution in [2.45, 2.75) is 25.7 Å². The second-order valence-electron chi connectivity index (χ2n) is 6.75. The van der Waals surface area contributed by atoms with Gasteiger partial charge in [0.2, 0.25) is 0 Å². The molecule has 0 amide bonds. The summed E-state index contributed by atoms with van der Waals surface area (Å²) in [6.45, 7) is 0. The Labute approximate surface area is 105 Å². The molecular weight excluding hydrogens is 232 g/mol. The van der Waals surface area contributed by atoms with E-state index in [2.05, 4.69) is 0 Å². The molecule has 0 aromatic carbocycles. The fraction of sp³-hybridized carbons (Fsp3) is 0.857. The molecular formula is C14H18O4. The monoisotopic (exact) mass is 250 g/mol. The van der Waals surface area contributed by atoms with Gasteiger partial charge in [-0.3, -0.25) is 9.59 Å². The minimum absolute atomic E-state index is 0.158. The van der Waals surface area contributed by atoms with Crippen LogP contribution in [0.25, 0.3) is 0 Å². The fourth-order valence-electron chi connectivity index (χ4n) is 5.37. The maximum atomic E-state index is 11.5. The summed E-state index contributed by atoms with van der Waals surface area (Å²) < 4.78 is 0. The second-order valence-corrected chi connectivity index (χ2v) is 6.75. The minimum Gasteiger partial charge on any atom is -0.481 e. The Balaban J connectivity index is 1.68. The van der Waals surface area contributed by atoms with Gasteiger partial charge < -0.3 is 10.2 Å². The number of carboxylic acids is 2. The van der Waals surface area contributed by atoms with Crippen LogP contribution in [0.1, 0.15) is 25.7 Å². The minimum atomic E-state index is -0.907. The Hall–Kier alpha value is -1.06. The van der Waals surface area contributed by atoms with Crippen LogP contribution < -0.4 is 0 Å². The van der Waals surface area contributed by atoms with Gasteiger partial charge in [-0.05, 0) is 61.2 Å². The van der Waals surface area contributed by atoms with Crippen molar-refractivity contribution in [3.63, 3.8) is 0 Å². The lowest BCUT2D eigenvalue weighted by Gasteiger charge is -2.42. The molecule has 0 radical (unpaired) electrons. The maximum Gasteiger partial charge on any atom is 0.307 e. The third kappa shape index (κ3) is 1.26. The predicted octanol–water partition coefficient (Wildman–Crippen LogP) is 1.70. The van der Waals surface area contributed by atoms with Gasteiger partial charge >= 0.3 is 11.9 Å². The zero-order valence-electron chi connectivity index (χ0n) is 10.2. The molecule has 4 nitrogen and oxygen atoms in total. The van der Waals surface area contributed by atoms with Crippen molar-refractivity contribution < 1.29 is 19.8 Å². The third-order valence-electron chi connectivity index (χ3n) is 6.13. The zero-order chi connectivity index (χ0) is 12.6. The highest BCUT2D eigenvalue weighted by molar-refractivity contribution is 5.80. The van der Waals surface area contributed by atoms with E-state index >= 15 is 0 Å². The van der Waals surface area contributed by atoms with Crippen LogP contribution >= 0.6 is 0 Å². The van der Waals surface area contributed by atoms with Crippen LogP contribution in [-0.4, -0.2) is 22.2 Å². The molecule has 2 N–H and O–H groups in total. The first-order valence-electron chi connectivity index (χ1n) is 7.05. The number of hydrogen-bond acceptors (Lipinski definition) is 2. The molecule has 4 aliphatic carbocycles. The molecule has 0 aromatic heterocycles. The van der Waals surface area contributed by atoms with Crippen molar-refractivity contribution in [2.24, 2.45) is 47.3 Å².